The summed E-state index contributed by atoms with van der Waals surface area (Å²) in [6.07, 6.45) is 0. The van der Waals surface area contributed by atoms with Crippen LogP contribution in [0.15, 0.2) is 0 Å². The standard InChI is InChI=1S/C6H13NO2/c1-4-7(3)5(2)6(8)9/h5H,4H2,1-3H3,(H,8,9)/t5-/m1/s1. The molecule has 9 heavy (non-hydrogen) atoms. The van der Waals surface area contributed by atoms with Gasteiger partial charge in [0.25, 0.3) is 0 Å². The lowest BCUT2D eigenvalue weighted by Gasteiger charge is -2.20. The van der Waals surface area contributed by atoms with Gasteiger partial charge in [0.15, 0.2) is 0 Å². The van der Waals surface area contributed by atoms with E-state index in [0.29, 0.717) is 0 Å². The van der Waals surface area contributed by atoms with Gasteiger partial charge in [-0.3, -0.25) is 0 Å². The smallest absolute Gasteiger partial charge is 0.125 e. The lowest BCUT2D eigenvalue weighted by molar-refractivity contribution is -0.895. The molecule has 1 N–H and O–H groups in total. The van der Waals surface area contributed by atoms with Crippen LogP contribution in [-0.4, -0.2) is 25.6 Å². The number of quaternary nitrogens is 1. The zero-order valence-corrected chi connectivity index (χ0v) is 6.10. The van der Waals surface area contributed by atoms with Gasteiger partial charge in [-0.2, -0.15) is 0 Å². The molecule has 0 fully saturated rings. The summed E-state index contributed by atoms with van der Waals surface area (Å²) in [5.41, 5.74) is 0. The Bertz CT molecular complexity index is 103. The van der Waals surface area contributed by atoms with E-state index in [0.717, 1.165) is 11.4 Å². The first kappa shape index (κ1) is 8.43. The monoisotopic (exact) mass is 131 g/mol. The molecule has 0 saturated carbocycles. The highest BCUT2D eigenvalue weighted by Gasteiger charge is 2.09. The van der Waals surface area contributed by atoms with Crippen LogP contribution in [0.25, 0.3) is 0 Å². The van der Waals surface area contributed by atoms with Crippen molar-refractivity contribution in [3.05, 3.63) is 0 Å². The zero-order chi connectivity index (χ0) is 7.44. The van der Waals surface area contributed by atoms with Crippen LogP contribution in [0.5, 0.6) is 0 Å². The highest BCUT2D eigenvalue weighted by molar-refractivity contribution is 5.68. The third-order valence-corrected chi connectivity index (χ3v) is 1.65. The lowest BCUT2D eigenvalue weighted by Crippen LogP contribution is -3.13. The van der Waals surface area contributed by atoms with E-state index in [1.165, 1.54) is 0 Å². The van der Waals surface area contributed by atoms with Crippen molar-refractivity contribution >= 4 is 5.97 Å². The number of hydrogen-bond donors (Lipinski definition) is 1. The Morgan fingerprint density at radius 3 is 2.33 bits per heavy atom. The molecule has 0 aliphatic heterocycles. The predicted octanol–water partition coefficient (Wildman–Crippen LogP) is -2.34. The summed E-state index contributed by atoms with van der Waals surface area (Å²) in [6, 6.07) is -0.394. The Labute approximate surface area is 55.3 Å². The Morgan fingerprint density at radius 1 is 1.78 bits per heavy atom. The number of carboxylic acid groups (broad SMARTS) is 1. The minimum atomic E-state index is -0.977. The maximum atomic E-state index is 10.2. The second kappa shape index (κ2) is 3.45. The van der Waals surface area contributed by atoms with E-state index in [1.54, 1.807) is 6.92 Å². The molecular weight excluding hydrogens is 118 g/mol. The summed E-state index contributed by atoms with van der Waals surface area (Å²) in [7, 11) is 1.83. The fourth-order valence-electron chi connectivity index (χ4n) is 0.507. The molecule has 3 nitrogen and oxygen atoms in total. The van der Waals surface area contributed by atoms with Crippen LogP contribution in [0.3, 0.4) is 0 Å². The summed E-state index contributed by atoms with van der Waals surface area (Å²) in [6.45, 7) is 4.40. The highest BCUT2D eigenvalue weighted by atomic mass is 16.4. The zero-order valence-electron chi connectivity index (χ0n) is 6.10. The highest BCUT2D eigenvalue weighted by Crippen LogP contribution is 1.66. The summed E-state index contributed by atoms with van der Waals surface area (Å²) in [5, 5.41) is 10.2. The molecule has 1 unspecified atom stereocenters. The van der Waals surface area contributed by atoms with E-state index in [4.69, 9.17) is 0 Å². The molecule has 0 spiro atoms. The molecule has 0 amide bonds. The van der Waals surface area contributed by atoms with E-state index in [1.807, 2.05) is 14.0 Å². The van der Waals surface area contributed by atoms with Crippen molar-refractivity contribution in [2.75, 3.05) is 13.6 Å². The van der Waals surface area contributed by atoms with Gasteiger partial charge in [-0.05, 0) is 13.8 Å². The molecule has 3 heteroatoms. The van der Waals surface area contributed by atoms with Crippen molar-refractivity contribution in [3.8, 4) is 0 Å². The number of carboxylic acids is 1. The average Bonchev–Trinajstić information content (AvgIpc) is 1.84. The lowest BCUT2D eigenvalue weighted by atomic mass is 10.3. The molecule has 0 aliphatic rings. The van der Waals surface area contributed by atoms with Gasteiger partial charge in [-0.15, -0.1) is 0 Å². The number of rotatable bonds is 3. The van der Waals surface area contributed by atoms with Crippen molar-refractivity contribution in [2.24, 2.45) is 0 Å². The Morgan fingerprint density at radius 2 is 2.22 bits per heavy atom. The maximum absolute atomic E-state index is 10.2. The third kappa shape index (κ3) is 2.46. The minimum absolute atomic E-state index is 0.394. The van der Waals surface area contributed by atoms with Gasteiger partial charge in [0.2, 0.25) is 0 Å². The van der Waals surface area contributed by atoms with E-state index in [9.17, 15) is 9.90 Å². The van der Waals surface area contributed by atoms with E-state index >= 15 is 0 Å². The minimum Gasteiger partial charge on any atom is -0.544 e. The number of aliphatic carboxylic acids is 1. The van der Waals surface area contributed by atoms with E-state index in [2.05, 4.69) is 0 Å². The first-order chi connectivity index (χ1) is 4.09. The fraction of sp³-hybridized carbons (Fsp3) is 0.833. The Kier molecular flexibility index (Phi) is 3.24. The second-order valence-electron chi connectivity index (χ2n) is 2.24. The number of likely N-dealkylation sites (N-methyl/N-ethyl adjacent to an activating group) is 1. The molecule has 0 aromatic heterocycles. The topological polar surface area (TPSA) is 44.6 Å². The van der Waals surface area contributed by atoms with Crippen molar-refractivity contribution in [1.82, 2.24) is 0 Å². The summed E-state index contributed by atoms with van der Waals surface area (Å²) < 4.78 is 0. The maximum Gasteiger partial charge on any atom is 0.125 e. The summed E-state index contributed by atoms with van der Waals surface area (Å²) in [5.74, 6) is -0.977. The van der Waals surface area contributed by atoms with Crippen LogP contribution in [0, 0.1) is 0 Å². The predicted molar refractivity (Wildman–Crippen MR) is 31.9 cm³/mol. The molecule has 0 rings (SSSR count). The molecule has 0 radical (unpaired) electrons. The van der Waals surface area contributed by atoms with Crippen LogP contribution in [0.1, 0.15) is 13.8 Å². The first-order valence-corrected chi connectivity index (χ1v) is 3.12. The number of carbonyl (C=O) groups is 1. The van der Waals surface area contributed by atoms with Crippen LogP contribution in [0.2, 0.25) is 0 Å². The van der Waals surface area contributed by atoms with Gasteiger partial charge in [-0.1, -0.05) is 0 Å². The molecule has 0 saturated heterocycles. The van der Waals surface area contributed by atoms with Crippen LogP contribution in [-0.2, 0) is 4.79 Å². The van der Waals surface area contributed by atoms with Crippen molar-refractivity contribution in [1.29, 1.82) is 0 Å². The number of nitrogens with one attached hydrogen (secondary N) is 1. The van der Waals surface area contributed by atoms with E-state index in [-0.39, 0.29) is 0 Å². The third-order valence-electron chi connectivity index (χ3n) is 1.65. The largest absolute Gasteiger partial charge is 0.544 e. The van der Waals surface area contributed by atoms with Gasteiger partial charge < -0.3 is 14.8 Å². The molecule has 54 valence electrons. The van der Waals surface area contributed by atoms with Crippen molar-refractivity contribution in [3.63, 3.8) is 0 Å². The van der Waals surface area contributed by atoms with Gasteiger partial charge in [0.1, 0.15) is 6.04 Å². The average molecular weight is 131 g/mol. The molecule has 0 heterocycles. The van der Waals surface area contributed by atoms with Gasteiger partial charge in [0.05, 0.1) is 19.6 Å². The molecule has 0 aromatic rings. The Hall–Kier alpha value is -0.570. The van der Waals surface area contributed by atoms with Crippen molar-refractivity contribution < 1.29 is 14.8 Å². The molecule has 0 aromatic carbocycles. The summed E-state index contributed by atoms with van der Waals surface area (Å²) >= 11 is 0. The van der Waals surface area contributed by atoms with Gasteiger partial charge >= 0.3 is 0 Å². The second-order valence-corrected chi connectivity index (χ2v) is 2.24. The number of hydrogen-bond acceptors (Lipinski definition) is 2. The normalized spacial score (nSPS) is 16.8. The van der Waals surface area contributed by atoms with Crippen molar-refractivity contribution in [2.45, 2.75) is 19.9 Å². The van der Waals surface area contributed by atoms with E-state index < -0.39 is 12.0 Å². The molecule has 0 aliphatic carbocycles. The van der Waals surface area contributed by atoms with Crippen LogP contribution in [0.4, 0.5) is 0 Å². The molecule has 2 atom stereocenters. The van der Waals surface area contributed by atoms with Crippen LogP contribution >= 0.6 is 0 Å². The molecular formula is C6H13NO2. The van der Waals surface area contributed by atoms with Gasteiger partial charge in [-0.25, -0.2) is 0 Å². The Balaban J connectivity index is 3.72. The van der Waals surface area contributed by atoms with Gasteiger partial charge in [0, 0.05) is 0 Å². The SMILES string of the molecule is CC[NH+](C)[C@H](C)C(=O)[O-]. The van der Waals surface area contributed by atoms with Crippen LogP contribution < -0.4 is 10.0 Å². The quantitative estimate of drug-likeness (QED) is 0.466. The molecule has 0 bridgehead atoms. The first-order valence-electron chi connectivity index (χ1n) is 3.12. The number of carbonyl (C=O) groups excluding carboxylic acids is 1. The summed E-state index contributed by atoms with van der Waals surface area (Å²) in [4.78, 5) is 11.1. The fourth-order valence-corrected chi connectivity index (χ4v) is 0.507.